The summed E-state index contributed by atoms with van der Waals surface area (Å²) >= 11 is 0. The molecule has 0 saturated carbocycles. The monoisotopic (exact) mass is 368 g/mol. The van der Waals surface area contributed by atoms with Gasteiger partial charge in [-0.15, -0.1) is 0 Å². The van der Waals surface area contributed by atoms with Gasteiger partial charge in [0.25, 0.3) is 0 Å². The summed E-state index contributed by atoms with van der Waals surface area (Å²) in [5.74, 6) is 0.300. The van der Waals surface area contributed by atoms with Gasteiger partial charge in [-0.3, -0.25) is 0 Å². The van der Waals surface area contributed by atoms with E-state index in [0.29, 0.717) is 26.1 Å². The molecule has 148 valence electrons. The van der Waals surface area contributed by atoms with E-state index in [1.54, 1.807) is 7.11 Å². The van der Waals surface area contributed by atoms with Crippen LogP contribution in [0.2, 0.25) is 0 Å². The molecule has 26 heavy (non-hydrogen) atoms. The third-order valence-electron chi connectivity index (χ3n) is 4.56. The van der Waals surface area contributed by atoms with E-state index in [1.807, 2.05) is 38.1 Å². The Morgan fingerprint density at radius 1 is 1.19 bits per heavy atom. The second-order valence-corrected chi connectivity index (χ2v) is 7.22. The molecule has 2 N–H and O–H groups in total. The van der Waals surface area contributed by atoms with Crippen LogP contribution in [0.4, 0.5) is 0 Å². The molecule has 0 unspecified atom stereocenters. The predicted octanol–water partition coefficient (Wildman–Crippen LogP) is 2.65. The van der Waals surface area contributed by atoms with E-state index in [1.165, 1.54) is 0 Å². The first kappa shape index (κ1) is 21.1. The van der Waals surface area contributed by atoms with Crippen LogP contribution in [0, 0.1) is 0 Å². The number of benzene rings is 1. The molecule has 2 rings (SSSR count). The highest BCUT2D eigenvalue weighted by atomic mass is 16.7. The van der Waals surface area contributed by atoms with Crippen molar-refractivity contribution in [3.05, 3.63) is 29.8 Å². The van der Waals surface area contributed by atoms with Crippen LogP contribution in [0.15, 0.2) is 24.3 Å². The molecule has 1 aliphatic rings. The molecule has 1 saturated heterocycles. The highest BCUT2D eigenvalue weighted by Gasteiger charge is 2.32. The van der Waals surface area contributed by atoms with E-state index in [-0.39, 0.29) is 18.8 Å². The van der Waals surface area contributed by atoms with Crippen molar-refractivity contribution < 1.29 is 29.2 Å². The molecule has 6 nitrogen and oxygen atoms in total. The van der Waals surface area contributed by atoms with Crippen molar-refractivity contribution >= 4 is 0 Å². The van der Waals surface area contributed by atoms with Crippen LogP contribution in [-0.4, -0.2) is 54.6 Å². The molecule has 1 aromatic carbocycles. The number of aliphatic hydroxyl groups is 2. The Morgan fingerprint density at radius 3 is 2.50 bits per heavy atom. The molecule has 0 aromatic heterocycles. The van der Waals surface area contributed by atoms with Crippen molar-refractivity contribution in [3.8, 4) is 5.75 Å². The summed E-state index contributed by atoms with van der Waals surface area (Å²) in [6.45, 7) is 4.71. The molecule has 0 radical (unpaired) electrons. The lowest BCUT2D eigenvalue weighted by Gasteiger charge is -2.21. The minimum Gasteiger partial charge on any atom is -0.497 e. The van der Waals surface area contributed by atoms with E-state index in [0.717, 1.165) is 24.2 Å². The molecule has 3 atom stereocenters. The molecule has 6 heteroatoms. The third kappa shape index (κ3) is 7.21. The van der Waals surface area contributed by atoms with Crippen molar-refractivity contribution in [3.63, 3.8) is 0 Å². The lowest BCUT2D eigenvalue weighted by Crippen LogP contribution is -2.23. The molecule has 1 aliphatic heterocycles. The number of methoxy groups -OCH3 is 1. The van der Waals surface area contributed by atoms with Gasteiger partial charge in [0.15, 0.2) is 5.79 Å². The number of ether oxygens (including phenoxy) is 4. The molecule has 0 bridgehead atoms. The minimum absolute atomic E-state index is 0.00869. The van der Waals surface area contributed by atoms with Gasteiger partial charge in [0.2, 0.25) is 0 Å². The topological polar surface area (TPSA) is 77.4 Å². The average molecular weight is 368 g/mol. The molecule has 1 fully saturated rings. The normalized spacial score (nSPS) is 21.5. The molecule has 0 amide bonds. The van der Waals surface area contributed by atoms with Gasteiger partial charge in [0, 0.05) is 0 Å². The smallest absolute Gasteiger partial charge is 0.163 e. The van der Waals surface area contributed by atoms with E-state index >= 15 is 0 Å². The van der Waals surface area contributed by atoms with Crippen LogP contribution >= 0.6 is 0 Å². The van der Waals surface area contributed by atoms with Gasteiger partial charge < -0.3 is 29.2 Å². The highest BCUT2D eigenvalue weighted by molar-refractivity contribution is 5.26. The van der Waals surface area contributed by atoms with Gasteiger partial charge in [0.1, 0.15) is 5.75 Å². The lowest BCUT2D eigenvalue weighted by molar-refractivity contribution is -0.140. The van der Waals surface area contributed by atoms with Gasteiger partial charge in [-0.2, -0.15) is 0 Å². The average Bonchev–Trinajstić information content (AvgIpc) is 3.00. The van der Waals surface area contributed by atoms with Crippen LogP contribution in [0.25, 0.3) is 0 Å². The molecular weight excluding hydrogens is 336 g/mol. The maximum absolute atomic E-state index is 9.63. The molecule has 0 spiro atoms. The van der Waals surface area contributed by atoms with E-state index in [2.05, 4.69) is 0 Å². The summed E-state index contributed by atoms with van der Waals surface area (Å²) in [7, 11) is 1.64. The zero-order chi connectivity index (χ0) is 19.0. The largest absolute Gasteiger partial charge is 0.497 e. The van der Waals surface area contributed by atoms with Gasteiger partial charge in [-0.05, 0) is 57.2 Å². The number of rotatable bonds is 11. The summed E-state index contributed by atoms with van der Waals surface area (Å²) in [5.41, 5.74) is 1.07. The van der Waals surface area contributed by atoms with Crippen LogP contribution in [-0.2, 0) is 20.8 Å². The Balaban J connectivity index is 1.83. The Morgan fingerprint density at radius 2 is 1.92 bits per heavy atom. The molecule has 0 aliphatic carbocycles. The van der Waals surface area contributed by atoms with Crippen molar-refractivity contribution in [2.24, 2.45) is 0 Å². The van der Waals surface area contributed by atoms with Crippen LogP contribution in [0.1, 0.15) is 45.1 Å². The fourth-order valence-corrected chi connectivity index (χ4v) is 2.99. The third-order valence-corrected chi connectivity index (χ3v) is 4.56. The Labute approximate surface area is 156 Å². The SMILES string of the molecule is COc1ccc(CO[C@@H](CC[C@@H](O)CO)CC[C@H]2COC(C)(C)O2)cc1. The van der Waals surface area contributed by atoms with Crippen LogP contribution in [0.5, 0.6) is 5.75 Å². The second kappa shape index (κ2) is 10.2. The maximum Gasteiger partial charge on any atom is 0.163 e. The number of hydrogen-bond acceptors (Lipinski definition) is 6. The summed E-state index contributed by atoms with van der Waals surface area (Å²) in [5, 5.41) is 18.7. The quantitative estimate of drug-likeness (QED) is 0.625. The van der Waals surface area contributed by atoms with Crippen molar-refractivity contribution in [2.45, 2.75) is 70.2 Å². The maximum atomic E-state index is 9.63. The summed E-state index contributed by atoms with van der Waals surface area (Å²) in [6.07, 6.45) is 2.22. The zero-order valence-electron chi connectivity index (χ0n) is 16.0. The highest BCUT2D eigenvalue weighted by Crippen LogP contribution is 2.26. The molecular formula is C20H32O6. The first-order chi connectivity index (χ1) is 12.4. The summed E-state index contributed by atoms with van der Waals surface area (Å²) in [6, 6.07) is 7.79. The van der Waals surface area contributed by atoms with Gasteiger partial charge in [-0.1, -0.05) is 12.1 Å². The van der Waals surface area contributed by atoms with Crippen molar-refractivity contribution in [1.82, 2.24) is 0 Å². The van der Waals surface area contributed by atoms with E-state index in [4.69, 9.17) is 24.1 Å². The number of aliphatic hydroxyl groups excluding tert-OH is 2. The summed E-state index contributed by atoms with van der Waals surface area (Å²) in [4.78, 5) is 0. The van der Waals surface area contributed by atoms with E-state index < -0.39 is 11.9 Å². The minimum atomic E-state index is -0.702. The Bertz CT molecular complexity index is 516. The first-order valence-corrected chi connectivity index (χ1v) is 9.27. The van der Waals surface area contributed by atoms with E-state index in [9.17, 15) is 5.11 Å². The zero-order valence-corrected chi connectivity index (χ0v) is 16.0. The molecule has 1 aromatic rings. The van der Waals surface area contributed by atoms with Crippen molar-refractivity contribution in [1.29, 1.82) is 0 Å². The van der Waals surface area contributed by atoms with Crippen molar-refractivity contribution in [2.75, 3.05) is 20.3 Å². The van der Waals surface area contributed by atoms with Gasteiger partial charge in [-0.25, -0.2) is 0 Å². The predicted molar refractivity (Wildman–Crippen MR) is 98.0 cm³/mol. The summed E-state index contributed by atoms with van der Waals surface area (Å²) < 4.78 is 22.7. The number of hydrogen-bond donors (Lipinski definition) is 2. The second-order valence-electron chi connectivity index (χ2n) is 7.22. The Hall–Kier alpha value is -1.18. The first-order valence-electron chi connectivity index (χ1n) is 9.27. The van der Waals surface area contributed by atoms with Crippen LogP contribution in [0.3, 0.4) is 0 Å². The fraction of sp³-hybridized carbons (Fsp3) is 0.700. The van der Waals surface area contributed by atoms with Gasteiger partial charge in [0.05, 0.1) is 45.2 Å². The Kier molecular flexibility index (Phi) is 8.31. The molecule has 1 heterocycles. The standard InChI is InChI=1S/C20H32O6/c1-20(2)25-14-19(26-20)11-10-18(9-6-16(22)12-21)24-13-15-4-7-17(23-3)8-5-15/h4-5,7-8,16,18-19,21-22H,6,9-14H2,1-3H3/t16-,18+,19+/m1/s1. The van der Waals surface area contributed by atoms with Gasteiger partial charge >= 0.3 is 0 Å². The van der Waals surface area contributed by atoms with Crippen LogP contribution < -0.4 is 4.74 Å². The lowest BCUT2D eigenvalue weighted by atomic mass is 10.0. The fourth-order valence-electron chi connectivity index (χ4n) is 2.99.